The van der Waals surface area contributed by atoms with Gasteiger partial charge in [0.15, 0.2) is 6.61 Å². The summed E-state index contributed by atoms with van der Waals surface area (Å²) >= 11 is 1.52. The van der Waals surface area contributed by atoms with Crippen molar-refractivity contribution in [2.75, 3.05) is 11.9 Å². The highest BCUT2D eigenvalue weighted by molar-refractivity contribution is 7.10. The van der Waals surface area contributed by atoms with Crippen LogP contribution in [0, 0.1) is 5.82 Å². The molecule has 0 spiro atoms. The van der Waals surface area contributed by atoms with Gasteiger partial charge in [0.2, 0.25) is 5.91 Å². The average molecular weight is 410 g/mol. The Morgan fingerprint density at radius 2 is 2.00 bits per heavy atom. The maximum atomic E-state index is 13.3. The van der Waals surface area contributed by atoms with Gasteiger partial charge >= 0.3 is 0 Å². The van der Waals surface area contributed by atoms with E-state index < -0.39 is 0 Å². The van der Waals surface area contributed by atoms with Gasteiger partial charge in [-0.2, -0.15) is 0 Å². The normalized spacial score (nSPS) is 13.9. The molecule has 0 radical (unpaired) electrons. The van der Waals surface area contributed by atoms with Gasteiger partial charge in [0.05, 0.1) is 6.04 Å². The summed E-state index contributed by atoms with van der Waals surface area (Å²) < 4.78 is 18.9. The zero-order chi connectivity index (χ0) is 20.2. The highest BCUT2D eigenvalue weighted by Crippen LogP contribution is 2.28. The van der Waals surface area contributed by atoms with E-state index in [-0.39, 0.29) is 30.3 Å². The first kappa shape index (κ1) is 19.1. The summed E-state index contributed by atoms with van der Waals surface area (Å²) in [6.45, 7) is -0.145. The Morgan fingerprint density at radius 1 is 1.17 bits per heavy atom. The zero-order valence-electron chi connectivity index (χ0n) is 15.5. The van der Waals surface area contributed by atoms with E-state index >= 15 is 0 Å². The van der Waals surface area contributed by atoms with Gasteiger partial charge in [-0.1, -0.05) is 18.2 Å². The van der Waals surface area contributed by atoms with Gasteiger partial charge in [0.25, 0.3) is 5.91 Å². The summed E-state index contributed by atoms with van der Waals surface area (Å²) in [4.78, 5) is 24.9. The van der Waals surface area contributed by atoms with Crippen molar-refractivity contribution in [3.8, 4) is 5.75 Å². The number of ether oxygens (including phenoxy) is 1. The monoisotopic (exact) mass is 410 g/mol. The fraction of sp³-hybridized carbons (Fsp3) is 0.182. The number of thiophene rings is 1. The van der Waals surface area contributed by atoms with Gasteiger partial charge in [-0.15, -0.1) is 11.3 Å². The van der Waals surface area contributed by atoms with Gasteiger partial charge in [-0.25, -0.2) is 4.39 Å². The lowest BCUT2D eigenvalue weighted by atomic mass is 10.0. The Kier molecular flexibility index (Phi) is 5.57. The number of fused-ring (bicyclic) bond motifs is 1. The minimum absolute atomic E-state index is 0.00552. The van der Waals surface area contributed by atoms with E-state index in [4.69, 9.17) is 4.74 Å². The van der Waals surface area contributed by atoms with Crippen LogP contribution in [-0.4, -0.2) is 18.4 Å². The van der Waals surface area contributed by atoms with E-state index in [9.17, 15) is 14.0 Å². The number of carbonyl (C=O) groups excluding carboxylic acids is 2. The highest BCUT2D eigenvalue weighted by atomic mass is 32.1. The molecule has 1 unspecified atom stereocenters. The molecular weight excluding hydrogens is 391 g/mol. The molecule has 0 saturated carbocycles. The standard InChI is InChI=1S/C22H19FN2O3S/c23-16-6-3-14(4-7-16)22(19-2-1-11-29-19)25-21(27)13-28-17-8-9-18-15(12-17)5-10-20(26)24-18/h1-4,6-9,11-12,22H,5,10,13H2,(H,24,26)(H,25,27). The van der Waals surface area contributed by atoms with Crippen LogP contribution in [0.5, 0.6) is 5.75 Å². The molecule has 0 aliphatic carbocycles. The van der Waals surface area contributed by atoms with Crippen molar-refractivity contribution in [2.24, 2.45) is 0 Å². The maximum Gasteiger partial charge on any atom is 0.258 e. The van der Waals surface area contributed by atoms with Crippen molar-refractivity contribution >= 4 is 28.8 Å². The number of benzene rings is 2. The van der Waals surface area contributed by atoms with Crippen LogP contribution in [0.1, 0.15) is 28.5 Å². The molecule has 0 saturated heterocycles. The van der Waals surface area contributed by atoms with Crippen molar-refractivity contribution < 1.29 is 18.7 Å². The van der Waals surface area contributed by atoms with Crippen LogP contribution in [0.2, 0.25) is 0 Å². The van der Waals surface area contributed by atoms with Gasteiger partial charge in [0.1, 0.15) is 11.6 Å². The summed E-state index contributed by atoms with van der Waals surface area (Å²) in [6, 6.07) is 14.9. The van der Waals surface area contributed by atoms with Crippen molar-refractivity contribution in [3.05, 3.63) is 81.8 Å². The largest absolute Gasteiger partial charge is 0.484 e. The first-order valence-electron chi connectivity index (χ1n) is 9.22. The van der Waals surface area contributed by atoms with Crippen LogP contribution in [0.4, 0.5) is 10.1 Å². The molecule has 148 valence electrons. The number of nitrogens with one attached hydrogen (secondary N) is 2. The van der Waals surface area contributed by atoms with Crippen molar-refractivity contribution in [2.45, 2.75) is 18.9 Å². The Labute approximate surface area is 171 Å². The maximum absolute atomic E-state index is 13.3. The van der Waals surface area contributed by atoms with E-state index in [1.807, 2.05) is 23.6 Å². The molecule has 1 aliphatic heterocycles. The quantitative estimate of drug-likeness (QED) is 0.644. The second-order valence-corrected chi connectivity index (χ2v) is 7.70. The summed E-state index contributed by atoms with van der Waals surface area (Å²) in [5.41, 5.74) is 2.57. The van der Waals surface area contributed by atoms with Crippen LogP contribution in [0.25, 0.3) is 0 Å². The third-order valence-electron chi connectivity index (χ3n) is 4.68. The summed E-state index contributed by atoms with van der Waals surface area (Å²) in [6.07, 6.45) is 1.09. The van der Waals surface area contributed by atoms with E-state index in [0.29, 0.717) is 18.6 Å². The molecule has 2 N–H and O–H groups in total. The van der Waals surface area contributed by atoms with Crippen molar-refractivity contribution in [1.29, 1.82) is 0 Å². The number of rotatable bonds is 6. The lowest BCUT2D eigenvalue weighted by Crippen LogP contribution is -2.33. The third-order valence-corrected chi connectivity index (χ3v) is 5.62. The van der Waals surface area contributed by atoms with Crippen molar-refractivity contribution in [1.82, 2.24) is 5.32 Å². The minimum atomic E-state index is -0.370. The van der Waals surface area contributed by atoms with Crippen molar-refractivity contribution in [3.63, 3.8) is 0 Å². The topological polar surface area (TPSA) is 67.4 Å². The number of carbonyl (C=O) groups is 2. The van der Waals surface area contributed by atoms with Gasteiger partial charge in [-0.05, 0) is 59.3 Å². The van der Waals surface area contributed by atoms with Crippen LogP contribution >= 0.6 is 11.3 Å². The van der Waals surface area contributed by atoms with Gasteiger partial charge in [-0.3, -0.25) is 9.59 Å². The molecule has 5 nitrogen and oxygen atoms in total. The van der Waals surface area contributed by atoms with E-state index in [2.05, 4.69) is 10.6 Å². The first-order chi connectivity index (χ1) is 14.1. The Morgan fingerprint density at radius 3 is 2.76 bits per heavy atom. The molecular formula is C22H19FN2O3S. The second-order valence-electron chi connectivity index (χ2n) is 6.72. The molecule has 3 aromatic rings. The predicted molar refractivity (Wildman–Crippen MR) is 110 cm³/mol. The van der Waals surface area contributed by atoms with E-state index in [0.717, 1.165) is 21.7 Å². The molecule has 1 aromatic heterocycles. The second kappa shape index (κ2) is 8.45. The molecule has 4 rings (SSSR count). The molecule has 0 bridgehead atoms. The minimum Gasteiger partial charge on any atom is -0.484 e. The molecule has 1 atom stereocenters. The van der Waals surface area contributed by atoms with Gasteiger partial charge < -0.3 is 15.4 Å². The smallest absolute Gasteiger partial charge is 0.258 e. The summed E-state index contributed by atoms with van der Waals surface area (Å²) in [7, 11) is 0. The Bertz CT molecular complexity index is 1020. The lowest BCUT2D eigenvalue weighted by Gasteiger charge is -2.19. The SMILES string of the molecule is O=C1CCc2cc(OCC(=O)NC(c3ccc(F)cc3)c3cccs3)ccc2N1. The molecule has 1 aliphatic rings. The predicted octanol–water partition coefficient (Wildman–Crippen LogP) is 4.06. The highest BCUT2D eigenvalue weighted by Gasteiger charge is 2.19. The van der Waals surface area contributed by atoms with Crippen LogP contribution in [-0.2, 0) is 16.0 Å². The molecule has 2 heterocycles. The zero-order valence-corrected chi connectivity index (χ0v) is 16.3. The number of aryl methyl sites for hydroxylation is 1. The molecule has 2 amide bonds. The number of anilines is 1. The van der Waals surface area contributed by atoms with Gasteiger partial charge in [0, 0.05) is 17.0 Å². The number of amides is 2. The number of halogens is 1. The Hall–Kier alpha value is -3.19. The molecule has 0 fully saturated rings. The first-order valence-corrected chi connectivity index (χ1v) is 10.1. The number of hydrogen-bond donors (Lipinski definition) is 2. The molecule has 2 aromatic carbocycles. The van der Waals surface area contributed by atoms with Crippen LogP contribution < -0.4 is 15.4 Å². The summed E-state index contributed by atoms with van der Waals surface area (Å²) in [5, 5.41) is 7.71. The van der Waals surface area contributed by atoms with E-state index in [1.54, 1.807) is 24.3 Å². The fourth-order valence-electron chi connectivity index (χ4n) is 3.23. The fourth-order valence-corrected chi connectivity index (χ4v) is 4.03. The van der Waals surface area contributed by atoms with Crippen LogP contribution in [0.3, 0.4) is 0 Å². The molecule has 29 heavy (non-hydrogen) atoms. The lowest BCUT2D eigenvalue weighted by molar-refractivity contribution is -0.123. The Balaban J connectivity index is 1.42. The van der Waals surface area contributed by atoms with Crippen LogP contribution in [0.15, 0.2) is 60.0 Å². The average Bonchev–Trinajstić information content (AvgIpc) is 3.26. The molecule has 7 heteroatoms. The number of hydrogen-bond acceptors (Lipinski definition) is 4. The third kappa shape index (κ3) is 4.63. The summed E-state index contributed by atoms with van der Waals surface area (Å²) in [5.74, 6) is -0.0221. The van der Waals surface area contributed by atoms with E-state index in [1.165, 1.54) is 23.5 Å².